The van der Waals surface area contributed by atoms with Crippen LogP contribution < -0.4 is 11.5 Å². The van der Waals surface area contributed by atoms with Crippen molar-refractivity contribution >= 4 is 18.3 Å². The number of amides is 1. The largest absolute Gasteiger partial charge is 0.369 e. The Hall–Kier alpha value is -0.280. The smallest absolute Gasteiger partial charge is 0.220 e. The molecule has 0 aromatic heterocycles. The lowest BCUT2D eigenvalue weighted by atomic mass is 10.1. The van der Waals surface area contributed by atoms with Crippen molar-refractivity contribution in [1.82, 2.24) is 0 Å². The number of rotatable bonds is 4. The monoisotopic (exact) mass is 166 g/mol. The van der Waals surface area contributed by atoms with Crippen LogP contribution in [0.25, 0.3) is 0 Å². The summed E-state index contributed by atoms with van der Waals surface area (Å²) in [5.41, 5.74) is 10.2. The van der Waals surface area contributed by atoms with Crippen molar-refractivity contribution in [2.45, 2.75) is 19.8 Å². The third-order valence-corrected chi connectivity index (χ3v) is 1.33. The lowest BCUT2D eigenvalue weighted by Crippen LogP contribution is -2.21. The number of nitrogens with two attached hydrogens (primary N) is 2. The topological polar surface area (TPSA) is 69.1 Å². The predicted octanol–water partition coefficient (Wildman–Crippen LogP) is 0.269. The quantitative estimate of drug-likeness (QED) is 0.630. The predicted molar refractivity (Wildman–Crippen MR) is 43.9 cm³/mol. The van der Waals surface area contributed by atoms with Gasteiger partial charge < -0.3 is 11.5 Å². The Balaban J connectivity index is 0. The zero-order chi connectivity index (χ0) is 7.28. The number of hydrogen-bond donors (Lipinski definition) is 2. The molecule has 0 aromatic carbocycles. The maximum absolute atomic E-state index is 10.4. The van der Waals surface area contributed by atoms with E-state index in [1.807, 2.05) is 6.92 Å². The molecule has 0 radical (unpaired) electrons. The molecular weight excluding hydrogens is 152 g/mol. The van der Waals surface area contributed by atoms with Gasteiger partial charge >= 0.3 is 0 Å². The van der Waals surface area contributed by atoms with Gasteiger partial charge in [-0.3, -0.25) is 4.79 Å². The minimum Gasteiger partial charge on any atom is -0.369 e. The lowest BCUT2D eigenvalue weighted by molar-refractivity contribution is -0.121. The summed E-state index contributed by atoms with van der Waals surface area (Å²) < 4.78 is 0. The van der Waals surface area contributed by atoms with Gasteiger partial charge in [0, 0.05) is 5.92 Å². The average molecular weight is 167 g/mol. The Labute approximate surface area is 67.6 Å². The van der Waals surface area contributed by atoms with E-state index in [4.69, 9.17) is 11.5 Å². The van der Waals surface area contributed by atoms with E-state index in [0.717, 1.165) is 12.8 Å². The number of hydrogen-bond acceptors (Lipinski definition) is 2. The van der Waals surface area contributed by atoms with E-state index >= 15 is 0 Å². The molecule has 0 aliphatic heterocycles. The summed E-state index contributed by atoms with van der Waals surface area (Å²) in [5.74, 6) is -0.253. The van der Waals surface area contributed by atoms with Crippen molar-refractivity contribution in [3.8, 4) is 0 Å². The van der Waals surface area contributed by atoms with Crippen LogP contribution in [0, 0.1) is 5.92 Å². The van der Waals surface area contributed by atoms with Crippen LogP contribution in [-0.2, 0) is 4.79 Å². The van der Waals surface area contributed by atoms with Crippen molar-refractivity contribution < 1.29 is 4.79 Å². The van der Waals surface area contributed by atoms with Crippen LogP contribution in [0.3, 0.4) is 0 Å². The van der Waals surface area contributed by atoms with Crippen molar-refractivity contribution in [3.63, 3.8) is 0 Å². The average Bonchev–Trinajstić information content (AvgIpc) is 1.82. The summed E-state index contributed by atoms with van der Waals surface area (Å²) in [5, 5.41) is 0. The molecule has 4 heteroatoms. The molecule has 0 aliphatic rings. The fraction of sp³-hybridized carbons (Fsp3) is 0.833. The molecular formula is C6H15ClN2O. The van der Waals surface area contributed by atoms with Gasteiger partial charge in [0.25, 0.3) is 0 Å². The molecule has 0 saturated carbocycles. The Morgan fingerprint density at radius 3 is 2.40 bits per heavy atom. The van der Waals surface area contributed by atoms with E-state index in [1.165, 1.54) is 0 Å². The van der Waals surface area contributed by atoms with Crippen molar-refractivity contribution in [3.05, 3.63) is 0 Å². The number of carbonyl (C=O) groups excluding carboxylic acids is 1. The zero-order valence-corrected chi connectivity index (χ0v) is 6.99. The second-order valence-corrected chi connectivity index (χ2v) is 2.23. The van der Waals surface area contributed by atoms with Crippen LogP contribution in [0.4, 0.5) is 0 Å². The lowest BCUT2D eigenvalue weighted by Gasteiger charge is -2.03. The first-order valence-corrected chi connectivity index (χ1v) is 3.18. The number of carbonyl (C=O) groups is 1. The number of primary amides is 1. The molecule has 62 valence electrons. The van der Waals surface area contributed by atoms with E-state index in [9.17, 15) is 4.79 Å². The summed E-state index contributed by atoms with van der Waals surface area (Å²) >= 11 is 0. The normalized spacial score (nSPS) is 11.8. The van der Waals surface area contributed by atoms with Gasteiger partial charge in [-0.2, -0.15) is 0 Å². The standard InChI is InChI=1S/C6H14N2O.ClH/c1-5(6(8)9)3-2-4-7;/h5H,2-4,7H2,1H3,(H2,8,9);1H. The van der Waals surface area contributed by atoms with Crippen LogP contribution in [0.5, 0.6) is 0 Å². The Morgan fingerprint density at radius 1 is 1.60 bits per heavy atom. The maximum Gasteiger partial charge on any atom is 0.220 e. The van der Waals surface area contributed by atoms with Gasteiger partial charge in [0.15, 0.2) is 0 Å². The fourth-order valence-corrected chi connectivity index (χ4v) is 0.566. The molecule has 0 aliphatic carbocycles. The van der Waals surface area contributed by atoms with E-state index in [-0.39, 0.29) is 24.2 Å². The molecule has 0 spiro atoms. The molecule has 1 amide bonds. The van der Waals surface area contributed by atoms with E-state index < -0.39 is 0 Å². The molecule has 0 saturated heterocycles. The fourth-order valence-electron chi connectivity index (χ4n) is 0.566. The second kappa shape index (κ2) is 6.83. The molecule has 0 heterocycles. The molecule has 0 fully saturated rings. The molecule has 10 heavy (non-hydrogen) atoms. The van der Waals surface area contributed by atoms with E-state index in [2.05, 4.69) is 0 Å². The van der Waals surface area contributed by atoms with Crippen LogP contribution >= 0.6 is 12.4 Å². The van der Waals surface area contributed by atoms with Crippen molar-refractivity contribution in [1.29, 1.82) is 0 Å². The molecule has 1 atom stereocenters. The van der Waals surface area contributed by atoms with Gasteiger partial charge in [0.1, 0.15) is 0 Å². The third kappa shape index (κ3) is 5.85. The molecule has 1 unspecified atom stereocenters. The highest BCUT2D eigenvalue weighted by molar-refractivity contribution is 5.85. The minimum absolute atomic E-state index is 0. The molecule has 3 nitrogen and oxygen atoms in total. The summed E-state index contributed by atoms with van der Waals surface area (Å²) in [6.07, 6.45) is 1.69. The first kappa shape index (κ1) is 12.4. The van der Waals surface area contributed by atoms with Crippen LogP contribution in [0.1, 0.15) is 19.8 Å². The minimum atomic E-state index is -0.233. The van der Waals surface area contributed by atoms with Crippen LogP contribution in [-0.4, -0.2) is 12.5 Å². The molecule has 0 rings (SSSR count). The SMILES string of the molecule is CC(CCCN)C(N)=O.Cl. The Kier molecular flexibility index (Phi) is 8.48. The maximum atomic E-state index is 10.4. The van der Waals surface area contributed by atoms with Gasteiger partial charge in [-0.1, -0.05) is 6.92 Å². The highest BCUT2D eigenvalue weighted by Gasteiger charge is 2.05. The zero-order valence-electron chi connectivity index (χ0n) is 6.17. The highest BCUT2D eigenvalue weighted by atomic mass is 35.5. The molecule has 0 bridgehead atoms. The second-order valence-electron chi connectivity index (χ2n) is 2.23. The number of halogens is 1. The van der Waals surface area contributed by atoms with Crippen LogP contribution in [0.15, 0.2) is 0 Å². The van der Waals surface area contributed by atoms with E-state index in [1.54, 1.807) is 0 Å². The summed E-state index contributed by atoms with van der Waals surface area (Å²) in [7, 11) is 0. The summed E-state index contributed by atoms with van der Waals surface area (Å²) in [4.78, 5) is 10.4. The first-order chi connectivity index (χ1) is 4.18. The first-order valence-electron chi connectivity index (χ1n) is 3.18. The van der Waals surface area contributed by atoms with Gasteiger partial charge in [-0.25, -0.2) is 0 Å². The van der Waals surface area contributed by atoms with Crippen molar-refractivity contribution in [2.75, 3.05) is 6.54 Å². The third-order valence-electron chi connectivity index (χ3n) is 1.33. The van der Waals surface area contributed by atoms with Crippen LogP contribution in [0.2, 0.25) is 0 Å². The van der Waals surface area contributed by atoms with E-state index in [0.29, 0.717) is 6.54 Å². The Morgan fingerprint density at radius 2 is 2.10 bits per heavy atom. The van der Waals surface area contributed by atoms with Gasteiger partial charge in [0.2, 0.25) is 5.91 Å². The van der Waals surface area contributed by atoms with Crippen molar-refractivity contribution in [2.24, 2.45) is 17.4 Å². The van der Waals surface area contributed by atoms with Gasteiger partial charge in [-0.15, -0.1) is 12.4 Å². The Bertz CT molecular complexity index is 97.7. The summed E-state index contributed by atoms with van der Waals surface area (Å²) in [6, 6.07) is 0. The molecule has 4 N–H and O–H groups in total. The van der Waals surface area contributed by atoms with Gasteiger partial charge in [-0.05, 0) is 19.4 Å². The van der Waals surface area contributed by atoms with Gasteiger partial charge in [0.05, 0.1) is 0 Å². The highest BCUT2D eigenvalue weighted by Crippen LogP contribution is 2.01. The summed E-state index contributed by atoms with van der Waals surface area (Å²) in [6.45, 7) is 2.45. The molecule has 0 aromatic rings.